The van der Waals surface area contributed by atoms with E-state index in [4.69, 9.17) is 16.3 Å². The summed E-state index contributed by atoms with van der Waals surface area (Å²) in [5.74, 6) is -0.421. The van der Waals surface area contributed by atoms with E-state index in [0.29, 0.717) is 19.0 Å². The Bertz CT molecular complexity index is 1110. The molecular formula is C20H19ClF3N5O3. The number of hydrogen-bond donors (Lipinski definition) is 0. The zero-order chi connectivity index (χ0) is 22.6. The van der Waals surface area contributed by atoms with E-state index in [1.54, 1.807) is 0 Å². The van der Waals surface area contributed by atoms with Crippen LogP contribution in [0, 0.1) is 0 Å². The number of rotatable bonds is 4. The number of hydrogen-bond acceptors (Lipinski definition) is 7. The number of aromatic nitrogens is 3. The van der Waals surface area contributed by atoms with Gasteiger partial charge in [0.15, 0.2) is 5.78 Å². The van der Waals surface area contributed by atoms with Gasteiger partial charge >= 0.3 is 6.18 Å². The maximum Gasteiger partial charge on any atom is 0.408 e. The molecule has 0 aromatic carbocycles. The van der Waals surface area contributed by atoms with Crippen LogP contribution in [0.15, 0.2) is 29.2 Å². The highest BCUT2D eigenvalue weighted by Gasteiger charge is 2.48. The van der Waals surface area contributed by atoms with Crippen LogP contribution in [0.2, 0.25) is 5.15 Å². The molecule has 2 fully saturated rings. The molecular weight excluding hydrogens is 451 g/mol. The lowest BCUT2D eigenvalue weighted by atomic mass is 10.1. The zero-order valence-electron chi connectivity index (χ0n) is 16.8. The second-order valence-electron chi connectivity index (χ2n) is 8.17. The molecule has 2 aromatic heterocycles. The van der Waals surface area contributed by atoms with Crippen LogP contribution in [-0.2, 0) is 11.3 Å². The van der Waals surface area contributed by atoms with Gasteiger partial charge in [0.25, 0.3) is 5.56 Å². The predicted octanol–water partition coefficient (Wildman–Crippen LogP) is 2.29. The molecule has 170 valence electrons. The average Bonchev–Trinajstić information content (AvgIpc) is 3.37. The van der Waals surface area contributed by atoms with Gasteiger partial charge in [-0.25, -0.2) is 4.98 Å². The van der Waals surface area contributed by atoms with Crippen LogP contribution >= 0.6 is 11.6 Å². The van der Waals surface area contributed by atoms with Gasteiger partial charge in [-0.2, -0.15) is 18.2 Å². The third kappa shape index (κ3) is 3.73. The number of pyridine rings is 1. The van der Waals surface area contributed by atoms with E-state index in [2.05, 4.69) is 9.97 Å². The van der Waals surface area contributed by atoms with Gasteiger partial charge in [-0.1, -0.05) is 11.6 Å². The minimum atomic E-state index is -4.60. The molecule has 0 N–H and O–H groups in total. The number of carbonyl (C=O) groups excluding carboxylic acids is 1. The fourth-order valence-corrected chi connectivity index (χ4v) is 4.71. The first-order valence-electron chi connectivity index (χ1n) is 10.2. The van der Waals surface area contributed by atoms with Gasteiger partial charge in [-0.05, 0) is 25.0 Å². The SMILES string of the molecule is O=C(CN1c2nc(N3CC4CC3CO4)cc(=O)n2CCC1C(F)(F)F)c1ccc(Cl)nc1. The molecule has 5 rings (SSSR count). The third-order valence-corrected chi connectivity index (χ3v) is 6.39. The van der Waals surface area contributed by atoms with Crippen molar-refractivity contribution < 1.29 is 22.7 Å². The highest BCUT2D eigenvalue weighted by atomic mass is 35.5. The maximum absolute atomic E-state index is 13.9. The second kappa shape index (κ2) is 7.73. The number of fused-ring (bicyclic) bond motifs is 3. The lowest BCUT2D eigenvalue weighted by Crippen LogP contribution is -2.54. The van der Waals surface area contributed by atoms with E-state index in [-0.39, 0.29) is 41.8 Å². The smallest absolute Gasteiger partial charge is 0.374 e. The number of halogens is 4. The van der Waals surface area contributed by atoms with Crippen molar-refractivity contribution in [3.63, 3.8) is 0 Å². The van der Waals surface area contributed by atoms with Gasteiger partial charge in [-0.3, -0.25) is 14.2 Å². The number of ether oxygens (including phenoxy) is 1. The fourth-order valence-electron chi connectivity index (χ4n) is 4.59. The Morgan fingerprint density at radius 3 is 2.75 bits per heavy atom. The van der Waals surface area contributed by atoms with Crippen LogP contribution < -0.4 is 15.4 Å². The standard InChI is InChI=1S/C20H19ClF3N5O3/c21-16-2-1-11(7-25-16)14(30)9-29-15(20(22,23)24)3-4-27-18(31)6-17(26-19(27)29)28-8-13-5-12(28)10-32-13/h1-2,6-7,12-13,15H,3-5,8-10H2. The molecule has 12 heteroatoms. The Morgan fingerprint density at radius 1 is 1.31 bits per heavy atom. The van der Waals surface area contributed by atoms with Crippen LogP contribution in [0.25, 0.3) is 0 Å². The van der Waals surface area contributed by atoms with E-state index >= 15 is 0 Å². The van der Waals surface area contributed by atoms with Crippen molar-refractivity contribution in [1.29, 1.82) is 0 Å². The number of alkyl halides is 3. The molecule has 2 saturated heterocycles. The summed E-state index contributed by atoms with van der Waals surface area (Å²) in [5, 5.41) is 0.166. The molecule has 3 unspecified atom stereocenters. The average molecular weight is 470 g/mol. The van der Waals surface area contributed by atoms with Gasteiger partial charge in [0.2, 0.25) is 5.95 Å². The van der Waals surface area contributed by atoms with Crippen LogP contribution in [0.1, 0.15) is 23.2 Å². The number of nitrogens with zero attached hydrogens (tertiary/aromatic N) is 5. The molecule has 5 heterocycles. The summed E-state index contributed by atoms with van der Waals surface area (Å²) in [6.07, 6.45) is -2.92. The number of Topliss-reactive ketones (excluding diaryl/α,β-unsaturated/α-hetero) is 1. The molecule has 2 bridgehead atoms. The van der Waals surface area contributed by atoms with E-state index in [1.807, 2.05) is 4.90 Å². The van der Waals surface area contributed by atoms with E-state index in [0.717, 1.165) is 11.3 Å². The topological polar surface area (TPSA) is 80.6 Å². The minimum absolute atomic E-state index is 0.0265. The molecule has 3 atom stereocenters. The molecule has 0 saturated carbocycles. The van der Waals surface area contributed by atoms with Gasteiger partial charge < -0.3 is 14.5 Å². The predicted molar refractivity (Wildman–Crippen MR) is 109 cm³/mol. The van der Waals surface area contributed by atoms with Gasteiger partial charge in [-0.15, -0.1) is 0 Å². The van der Waals surface area contributed by atoms with Crippen molar-refractivity contribution in [1.82, 2.24) is 14.5 Å². The van der Waals surface area contributed by atoms with Crippen LogP contribution in [-0.4, -0.2) is 64.4 Å². The van der Waals surface area contributed by atoms with E-state index in [1.165, 1.54) is 29.0 Å². The highest BCUT2D eigenvalue weighted by molar-refractivity contribution is 6.29. The van der Waals surface area contributed by atoms with Crippen molar-refractivity contribution in [3.05, 3.63) is 45.5 Å². The summed E-state index contributed by atoms with van der Waals surface area (Å²) in [4.78, 5) is 36.7. The molecule has 0 aliphatic carbocycles. The minimum Gasteiger partial charge on any atom is -0.374 e. The first-order valence-corrected chi connectivity index (χ1v) is 10.6. The molecule has 0 amide bonds. The van der Waals surface area contributed by atoms with Crippen molar-refractivity contribution >= 4 is 29.2 Å². The first kappa shape index (κ1) is 21.2. The van der Waals surface area contributed by atoms with Crippen molar-refractivity contribution in [2.75, 3.05) is 29.5 Å². The van der Waals surface area contributed by atoms with Crippen LogP contribution in [0.5, 0.6) is 0 Å². The molecule has 0 spiro atoms. The summed E-state index contributed by atoms with van der Waals surface area (Å²) in [6, 6.07) is 2.24. The largest absolute Gasteiger partial charge is 0.408 e. The quantitative estimate of drug-likeness (QED) is 0.502. The number of ketones is 1. The van der Waals surface area contributed by atoms with Crippen LogP contribution in [0.3, 0.4) is 0 Å². The maximum atomic E-state index is 13.9. The van der Waals surface area contributed by atoms with Crippen molar-refractivity contribution in [3.8, 4) is 0 Å². The van der Waals surface area contributed by atoms with E-state index < -0.39 is 30.1 Å². The summed E-state index contributed by atoms with van der Waals surface area (Å²) in [5.41, 5.74) is -0.320. The first-order chi connectivity index (χ1) is 15.2. The highest BCUT2D eigenvalue weighted by Crippen LogP contribution is 2.36. The van der Waals surface area contributed by atoms with E-state index in [9.17, 15) is 22.8 Å². The monoisotopic (exact) mass is 469 g/mol. The summed E-state index contributed by atoms with van der Waals surface area (Å²) in [7, 11) is 0. The Hall–Kier alpha value is -2.66. The third-order valence-electron chi connectivity index (χ3n) is 6.17. The fraction of sp³-hybridized carbons (Fsp3) is 0.500. The number of morpholine rings is 1. The normalized spacial score (nSPS) is 24.7. The summed E-state index contributed by atoms with van der Waals surface area (Å²) >= 11 is 5.74. The number of carbonyl (C=O) groups is 1. The van der Waals surface area contributed by atoms with Gasteiger partial charge in [0, 0.05) is 30.9 Å². The van der Waals surface area contributed by atoms with Crippen molar-refractivity contribution in [2.45, 2.75) is 43.8 Å². The molecule has 2 aromatic rings. The number of anilines is 2. The summed E-state index contributed by atoms with van der Waals surface area (Å²) < 4.78 is 48.4. The molecule has 8 nitrogen and oxygen atoms in total. The van der Waals surface area contributed by atoms with Crippen molar-refractivity contribution in [2.24, 2.45) is 0 Å². The molecule has 32 heavy (non-hydrogen) atoms. The Balaban J connectivity index is 1.53. The Labute approximate surface area is 185 Å². The molecule has 0 radical (unpaired) electrons. The summed E-state index contributed by atoms with van der Waals surface area (Å²) in [6.45, 7) is 0.285. The zero-order valence-corrected chi connectivity index (χ0v) is 17.5. The molecule has 3 aliphatic heterocycles. The Morgan fingerprint density at radius 2 is 2.12 bits per heavy atom. The van der Waals surface area contributed by atoms with Gasteiger partial charge in [0.05, 0.1) is 25.3 Å². The lowest BCUT2D eigenvalue weighted by molar-refractivity contribution is -0.152. The van der Waals surface area contributed by atoms with Crippen LogP contribution in [0.4, 0.5) is 24.9 Å². The molecule has 3 aliphatic rings. The van der Waals surface area contributed by atoms with Gasteiger partial charge in [0.1, 0.15) is 17.0 Å². The Kier molecular flexibility index (Phi) is 5.12. The lowest BCUT2D eigenvalue weighted by Gasteiger charge is -2.39. The second-order valence-corrected chi connectivity index (χ2v) is 8.56.